The second kappa shape index (κ2) is 21.9. The van der Waals surface area contributed by atoms with E-state index in [0.717, 1.165) is 95.1 Å². The third kappa shape index (κ3) is 10.3. The highest BCUT2D eigenvalue weighted by Gasteiger charge is 2.52. The van der Waals surface area contributed by atoms with Crippen molar-refractivity contribution < 1.29 is 19.5 Å². The Morgan fingerprint density at radius 2 is 1.00 bits per heavy atom. The zero-order chi connectivity index (χ0) is 52.4. The molecule has 13 rings (SSSR count). The number of halogens is 1. The van der Waals surface area contributed by atoms with Gasteiger partial charge in [0.2, 0.25) is 0 Å². The Balaban J connectivity index is 0.000000126. The lowest BCUT2D eigenvalue weighted by molar-refractivity contribution is 0.00578. The van der Waals surface area contributed by atoms with Gasteiger partial charge in [0.15, 0.2) is 11.3 Å². The van der Waals surface area contributed by atoms with Crippen molar-refractivity contribution in [2.75, 3.05) is 36.0 Å². The van der Waals surface area contributed by atoms with Gasteiger partial charge in [0, 0.05) is 113 Å². The van der Waals surface area contributed by atoms with Crippen LogP contribution >= 0.6 is 15.9 Å². The molecule has 76 heavy (non-hydrogen) atoms. The van der Waals surface area contributed by atoms with Gasteiger partial charge in [0.1, 0.15) is 0 Å². The summed E-state index contributed by atoms with van der Waals surface area (Å²) in [6, 6.07) is 33.1. The lowest BCUT2D eigenvalue weighted by Gasteiger charge is -2.32. The average molecular weight is 1080 g/mol. The lowest BCUT2D eigenvalue weighted by Crippen LogP contribution is -2.41. The third-order valence-electron chi connectivity index (χ3n) is 15.4. The van der Waals surface area contributed by atoms with Crippen LogP contribution in [0.3, 0.4) is 0 Å². The van der Waals surface area contributed by atoms with Crippen LogP contribution in [-0.2, 0) is 22.5 Å². The summed E-state index contributed by atoms with van der Waals surface area (Å²) in [6.07, 6.45) is 22.9. The van der Waals surface area contributed by atoms with Crippen molar-refractivity contribution in [3.05, 3.63) is 162 Å². The molecule has 0 bridgehead atoms. The number of aliphatic hydroxyl groups is 2. The predicted molar refractivity (Wildman–Crippen MR) is 307 cm³/mol. The molecule has 16 heteroatoms. The van der Waals surface area contributed by atoms with Crippen molar-refractivity contribution >= 4 is 73.0 Å². The van der Waals surface area contributed by atoms with Crippen molar-refractivity contribution in [3.63, 3.8) is 0 Å². The maximum Gasteiger partial charge on any atom is 0.495 e. The Morgan fingerprint density at radius 3 is 1.55 bits per heavy atom. The molecule has 14 nitrogen and oxygen atoms in total. The number of nitrogens with zero attached hydrogens (tertiary/aromatic N) is 10. The molecule has 386 valence electrons. The molecular weight excluding hydrogens is 1020 g/mol. The molecule has 0 unspecified atom stereocenters. The Morgan fingerprint density at radius 1 is 0.513 bits per heavy atom. The Hall–Kier alpha value is -7.08. The van der Waals surface area contributed by atoms with E-state index in [1.54, 1.807) is 23.1 Å². The van der Waals surface area contributed by atoms with Crippen molar-refractivity contribution in [2.24, 2.45) is 0 Å². The van der Waals surface area contributed by atoms with Gasteiger partial charge in [0.05, 0.1) is 52.3 Å². The fourth-order valence-electron chi connectivity index (χ4n) is 10.4. The molecule has 4 aromatic carbocycles. The minimum atomic E-state index is -0.422. The standard InChI is InChI=1S/C27H25N5O.C17H17BrN4.C16H20BNO3/c33-18-20-5-4-6-24-23(11-12-28-26(20)24)25-16-30-32-17-21(15-29-27(25)32)19-7-9-22(10-8-19)31-13-2-1-3-14-31;18-16-11-20-22-12-14(10-19-17(16)22)13-4-6-15(7-5-13)21-8-2-1-3-9-21;1-15(2)16(3,4)21-17(20-15)13-8-9-18-14-11(10-19)6-5-7-12(13)14/h4-12,15-17,33H,1-3,13-14,18H2;4-7,10-12H,1-3,8-9H2;5-9,19H,10H2,1-4H3. The largest absolute Gasteiger partial charge is 0.495 e. The molecule has 10 aromatic rings. The number of benzene rings is 4. The molecule has 3 fully saturated rings. The van der Waals surface area contributed by atoms with Gasteiger partial charge in [-0.2, -0.15) is 10.2 Å². The van der Waals surface area contributed by atoms with E-state index >= 15 is 0 Å². The first-order valence-corrected chi connectivity index (χ1v) is 27.1. The number of aromatic nitrogens is 8. The first-order chi connectivity index (χ1) is 37.0. The number of pyridine rings is 2. The van der Waals surface area contributed by atoms with Gasteiger partial charge >= 0.3 is 7.12 Å². The molecule has 3 aliphatic heterocycles. The van der Waals surface area contributed by atoms with E-state index in [9.17, 15) is 10.2 Å². The minimum Gasteiger partial charge on any atom is -0.399 e. The average Bonchev–Trinajstić information content (AvgIpc) is 4.17. The summed E-state index contributed by atoms with van der Waals surface area (Å²) in [4.78, 5) is 23.1. The van der Waals surface area contributed by atoms with E-state index < -0.39 is 7.12 Å². The van der Waals surface area contributed by atoms with Crippen LogP contribution in [0.15, 0.2) is 151 Å². The van der Waals surface area contributed by atoms with E-state index in [0.29, 0.717) is 0 Å². The topological polar surface area (TPSA) is 152 Å². The highest BCUT2D eigenvalue weighted by Crippen LogP contribution is 2.38. The molecule has 0 amide bonds. The Kier molecular flexibility index (Phi) is 14.7. The molecule has 9 heterocycles. The molecule has 0 radical (unpaired) electrons. The van der Waals surface area contributed by atoms with Crippen molar-refractivity contribution in [1.82, 2.24) is 39.2 Å². The molecule has 0 aliphatic carbocycles. The van der Waals surface area contributed by atoms with Crippen LogP contribution in [0.2, 0.25) is 0 Å². The van der Waals surface area contributed by atoms with Crippen LogP contribution in [0, 0.1) is 0 Å². The lowest BCUT2D eigenvalue weighted by atomic mass is 9.77. The van der Waals surface area contributed by atoms with Gasteiger partial charge in [-0.1, -0.05) is 60.7 Å². The van der Waals surface area contributed by atoms with Gasteiger partial charge in [-0.25, -0.2) is 19.0 Å². The molecule has 3 saturated heterocycles. The number of anilines is 2. The number of rotatable bonds is 8. The Labute approximate surface area is 451 Å². The van der Waals surface area contributed by atoms with E-state index in [1.165, 1.54) is 68.6 Å². The van der Waals surface area contributed by atoms with Crippen LogP contribution in [-0.4, -0.2) is 93.9 Å². The first kappa shape index (κ1) is 51.1. The zero-order valence-electron chi connectivity index (χ0n) is 43.5. The highest BCUT2D eigenvalue weighted by molar-refractivity contribution is 9.10. The molecule has 6 aromatic heterocycles. The number of para-hydroxylation sites is 2. The fraction of sp³-hybridized carbons (Fsp3) is 0.300. The second-order valence-corrected chi connectivity index (χ2v) is 21.6. The zero-order valence-corrected chi connectivity index (χ0v) is 45.1. The summed E-state index contributed by atoms with van der Waals surface area (Å²) in [5.74, 6) is 0. The maximum absolute atomic E-state index is 9.69. The highest BCUT2D eigenvalue weighted by atomic mass is 79.9. The van der Waals surface area contributed by atoms with E-state index in [4.69, 9.17) is 14.3 Å². The second-order valence-electron chi connectivity index (χ2n) is 20.8. The van der Waals surface area contributed by atoms with Crippen LogP contribution in [0.25, 0.3) is 66.5 Å². The Bertz CT molecular complexity index is 3630. The predicted octanol–water partition coefficient (Wildman–Crippen LogP) is 11.3. The van der Waals surface area contributed by atoms with Crippen molar-refractivity contribution in [3.8, 4) is 33.4 Å². The van der Waals surface area contributed by atoms with Gasteiger partial charge < -0.3 is 29.3 Å². The number of fused-ring (bicyclic) bond motifs is 4. The van der Waals surface area contributed by atoms with Crippen LogP contribution in [0.4, 0.5) is 11.4 Å². The number of piperidine rings is 2. The fourth-order valence-corrected chi connectivity index (χ4v) is 10.8. The van der Waals surface area contributed by atoms with Crippen molar-refractivity contribution in [2.45, 2.75) is 90.6 Å². The number of hydrogen-bond acceptors (Lipinski definition) is 12. The van der Waals surface area contributed by atoms with E-state index in [1.807, 2.05) is 112 Å². The number of hydrogen-bond donors (Lipinski definition) is 2. The van der Waals surface area contributed by atoms with Crippen LogP contribution in [0.5, 0.6) is 0 Å². The van der Waals surface area contributed by atoms with Crippen LogP contribution in [0.1, 0.15) is 77.3 Å². The summed E-state index contributed by atoms with van der Waals surface area (Å²) >= 11 is 3.45. The minimum absolute atomic E-state index is 0.0306. The molecule has 0 atom stereocenters. The molecule has 0 saturated carbocycles. The monoisotopic (exact) mass is 1080 g/mol. The van der Waals surface area contributed by atoms with Crippen molar-refractivity contribution in [1.29, 1.82) is 0 Å². The van der Waals surface area contributed by atoms with Gasteiger partial charge in [0.25, 0.3) is 0 Å². The summed E-state index contributed by atoms with van der Waals surface area (Å²) in [6.45, 7) is 12.7. The summed E-state index contributed by atoms with van der Waals surface area (Å²) in [5, 5.41) is 30.0. The summed E-state index contributed by atoms with van der Waals surface area (Å²) < 4.78 is 16.8. The molecule has 3 aliphatic rings. The molecular formula is C60H62BBrN10O4. The van der Waals surface area contributed by atoms with Gasteiger partial charge in [-0.15, -0.1) is 0 Å². The quantitative estimate of drug-likeness (QED) is 0.139. The smallest absolute Gasteiger partial charge is 0.399 e. The SMILES string of the molecule is Brc1cnn2cc(-c3ccc(N4CCCCC4)cc3)cnc12.CC1(C)OB(c2ccnc3c(CO)cccc23)OC1(C)C.OCc1cccc2c(-c3cnn4cc(-c5ccc(N6CCCCC6)cc5)cnc34)ccnc12. The van der Waals surface area contributed by atoms with E-state index in [-0.39, 0.29) is 24.4 Å². The molecule has 0 spiro atoms. The van der Waals surface area contributed by atoms with Gasteiger partial charge in [-0.3, -0.25) is 9.97 Å². The van der Waals surface area contributed by atoms with E-state index in [2.05, 4.69) is 99.4 Å². The maximum atomic E-state index is 9.69. The van der Waals surface area contributed by atoms with Crippen LogP contribution < -0.4 is 15.3 Å². The van der Waals surface area contributed by atoms with Gasteiger partial charge in [-0.05, 0) is 141 Å². The first-order valence-electron chi connectivity index (χ1n) is 26.3. The molecule has 2 N–H and O–H groups in total. The normalized spacial score (nSPS) is 16.2. The third-order valence-corrected chi connectivity index (χ3v) is 16.0. The summed E-state index contributed by atoms with van der Waals surface area (Å²) in [5.41, 5.74) is 14.1. The number of aliphatic hydroxyl groups excluding tert-OH is 2. The summed E-state index contributed by atoms with van der Waals surface area (Å²) in [7, 11) is -0.422.